The lowest BCUT2D eigenvalue weighted by atomic mass is 9.74. The molecule has 5 nitrogen and oxygen atoms in total. The SMILES string of the molecule is C=CC[C@H]1N(c2ccc(Cl)cc2)C(=O)[C@@H]2[C@H](C(=O)OCC)[C@@H]3C=C[C@@]21O3. The van der Waals surface area contributed by atoms with E-state index in [1.54, 1.807) is 30.0 Å². The number of hydrogen-bond donors (Lipinski definition) is 0. The number of carbonyl (C=O) groups excluding carboxylic acids is 2. The second-order valence-electron chi connectivity index (χ2n) is 6.78. The number of nitrogens with zero attached hydrogens (tertiary/aromatic N) is 1. The Kier molecular flexibility index (Phi) is 4.16. The van der Waals surface area contributed by atoms with Crippen LogP contribution in [0, 0.1) is 11.8 Å². The number of anilines is 1. The zero-order valence-electron chi connectivity index (χ0n) is 14.4. The van der Waals surface area contributed by atoms with Crippen LogP contribution >= 0.6 is 11.6 Å². The Morgan fingerprint density at radius 2 is 2.15 bits per heavy atom. The van der Waals surface area contributed by atoms with E-state index in [1.807, 2.05) is 24.3 Å². The van der Waals surface area contributed by atoms with Crippen LogP contribution in [-0.4, -0.2) is 36.2 Å². The number of halogens is 1. The minimum atomic E-state index is -0.826. The quantitative estimate of drug-likeness (QED) is 0.587. The van der Waals surface area contributed by atoms with Gasteiger partial charge >= 0.3 is 5.97 Å². The highest BCUT2D eigenvalue weighted by Crippen LogP contribution is 2.56. The fourth-order valence-electron chi connectivity index (χ4n) is 4.51. The number of fused-ring (bicyclic) bond motifs is 1. The fourth-order valence-corrected chi connectivity index (χ4v) is 4.64. The van der Waals surface area contributed by atoms with Crippen LogP contribution in [0.25, 0.3) is 0 Å². The molecule has 5 atom stereocenters. The molecule has 0 aromatic heterocycles. The van der Waals surface area contributed by atoms with Gasteiger partial charge in [-0.25, -0.2) is 0 Å². The number of ether oxygens (including phenoxy) is 2. The lowest BCUT2D eigenvalue weighted by molar-refractivity contribution is -0.151. The summed E-state index contributed by atoms with van der Waals surface area (Å²) < 4.78 is 11.4. The average Bonchev–Trinajstić information content (AvgIpc) is 3.26. The molecule has 0 N–H and O–H groups in total. The Morgan fingerprint density at radius 1 is 1.42 bits per heavy atom. The molecule has 3 aliphatic rings. The van der Waals surface area contributed by atoms with Crippen LogP contribution in [0.1, 0.15) is 13.3 Å². The van der Waals surface area contributed by atoms with Gasteiger partial charge in [0.05, 0.1) is 24.7 Å². The van der Waals surface area contributed by atoms with Gasteiger partial charge in [-0.2, -0.15) is 0 Å². The number of benzene rings is 1. The summed E-state index contributed by atoms with van der Waals surface area (Å²) in [5.74, 6) is -1.70. The van der Waals surface area contributed by atoms with E-state index >= 15 is 0 Å². The van der Waals surface area contributed by atoms with E-state index in [9.17, 15) is 9.59 Å². The largest absolute Gasteiger partial charge is 0.466 e. The second kappa shape index (κ2) is 6.25. The van der Waals surface area contributed by atoms with Crippen molar-refractivity contribution < 1.29 is 19.1 Å². The van der Waals surface area contributed by atoms with Gasteiger partial charge < -0.3 is 14.4 Å². The molecule has 6 heteroatoms. The van der Waals surface area contributed by atoms with E-state index in [4.69, 9.17) is 21.1 Å². The van der Waals surface area contributed by atoms with Crippen molar-refractivity contribution in [3.63, 3.8) is 0 Å². The maximum Gasteiger partial charge on any atom is 0.312 e. The highest BCUT2D eigenvalue weighted by atomic mass is 35.5. The Labute approximate surface area is 157 Å². The summed E-state index contributed by atoms with van der Waals surface area (Å²) in [7, 11) is 0. The number of amides is 1. The van der Waals surface area contributed by atoms with Crippen molar-refractivity contribution >= 4 is 29.2 Å². The number of rotatable bonds is 5. The molecule has 1 amide bonds. The van der Waals surface area contributed by atoms with Crippen LogP contribution in [0.5, 0.6) is 0 Å². The predicted molar refractivity (Wildman–Crippen MR) is 97.9 cm³/mol. The van der Waals surface area contributed by atoms with Crippen molar-refractivity contribution in [2.45, 2.75) is 31.1 Å². The van der Waals surface area contributed by atoms with E-state index in [0.717, 1.165) is 5.69 Å². The van der Waals surface area contributed by atoms with Gasteiger partial charge in [0, 0.05) is 10.7 Å². The topological polar surface area (TPSA) is 55.8 Å². The van der Waals surface area contributed by atoms with E-state index in [2.05, 4.69) is 6.58 Å². The minimum Gasteiger partial charge on any atom is -0.466 e. The molecule has 1 aromatic carbocycles. The van der Waals surface area contributed by atoms with Crippen LogP contribution in [0.3, 0.4) is 0 Å². The van der Waals surface area contributed by atoms with Crippen molar-refractivity contribution in [3.05, 3.63) is 54.1 Å². The molecule has 0 aliphatic carbocycles. The minimum absolute atomic E-state index is 0.121. The Balaban J connectivity index is 1.78. The zero-order chi connectivity index (χ0) is 18.5. The van der Waals surface area contributed by atoms with Gasteiger partial charge in [0.15, 0.2) is 0 Å². The van der Waals surface area contributed by atoms with Gasteiger partial charge in [0.1, 0.15) is 11.5 Å². The first kappa shape index (κ1) is 17.3. The predicted octanol–water partition coefficient (Wildman–Crippen LogP) is 3.13. The highest BCUT2D eigenvalue weighted by molar-refractivity contribution is 6.30. The standard InChI is InChI=1S/C20H20ClNO4/c1-3-5-15-20-11-10-14(26-20)16(19(24)25-4-2)17(20)18(23)22(15)13-8-6-12(21)7-9-13/h3,6-11,14-17H,1,4-5H2,2H3/t14-,15+,16+,17-,20-/m0/s1. The van der Waals surface area contributed by atoms with Crippen LogP contribution < -0.4 is 4.90 Å². The summed E-state index contributed by atoms with van der Waals surface area (Å²) in [6, 6.07) is 6.85. The summed E-state index contributed by atoms with van der Waals surface area (Å²) in [5.41, 5.74) is -0.0920. The molecule has 1 aromatic rings. The summed E-state index contributed by atoms with van der Waals surface area (Å²) in [5, 5.41) is 0.598. The van der Waals surface area contributed by atoms with E-state index < -0.39 is 23.5 Å². The molecule has 0 saturated carbocycles. The first-order chi connectivity index (χ1) is 12.5. The van der Waals surface area contributed by atoms with E-state index in [0.29, 0.717) is 11.4 Å². The maximum atomic E-state index is 13.4. The molecule has 2 bridgehead atoms. The molecule has 3 heterocycles. The maximum absolute atomic E-state index is 13.4. The Morgan fingerprint density at radius 3 is 2.81 bits per heavy atom. The number of hydrogen-bond acceptors (Lipinski definition) is 4. The first-order valence-electron chi connectivity index (χ1n) is 8.77. The molecule has 2 fully saturated rings. The summed E-state index contributed by atoms with van der Waals surface area (Å²) in [6.07, 6.45) is 5.74. The molecule has 136 valence electrons. The third-order valence-electron chi connectivity index (χ3n) is 5.48. The van der Waals surface area contributed by atoms with Crippen molar-refractivity contribution in [2.24, 2.45) is 11.8 Å². The van der Waals surface area contributed by atoms with Gasteiger partial charge in [-0.05, 0) is 37.6 Å². The second-order valence-corrected chi connectivity index (χ2v) is 7.21. The highest BCUT2D eigenvalue weighted by Gasteiger charge is 2.71. The summed E-state index contributed by atoms with van der Waals surface area (Å²) >= 11 is 5.99. The van der Waals surface area contributed by atoms with E-state index in [1.165, 1.54) is 0 Å². The van der Waals surface area contributed by atoms with Crippen LogP contribution in [0.4, 0.5) is 5.69 Å². The molecular formula is C20H20ClNO4. The Hall–Kier alpha value is -2.11. The lowest BCUT2D eigenvalue weighted by Crippen LogP contribution is -2.45. The van der Waals surface area contributed by atoms with Crippen LogP contribution in [0.2, 0.25) is 5.02 Å². The van der Waals surface area contributed by atoms with Gasteiger partial charge in [0.25, 0.3) is 0 Å². The number of esters is 1. The van der Waals surface area contributed by atoms with Gasteiger partial charge in [0.2, 0.25) is 5.91 Å². The van der Waals surface area contributed by atoms with Gasteiger partial charge in [-0.1, -0.05) is 29.8 Å². The summed E-state index contributed by atoms with van der Waals surface area (Å²) in [6.45, 7) is 5.87. The molecule has 2 saturated heterocycles. The van der Waals surface area contributed by atoms with E-state index in [-0.39, 0.29) is 24.5 Å². The fraction of sp³-hybridized carbons (Fsp3) is 0.400. The van der Waals surface area contributed by atoms with Gasteiger partial charge in [-0.15, -0.1) is 6.58 Å². The summed E-state index contributed by atoms with van der Waals surface area (Å²) in [4.78, 5) is 27.6. The monoisotopic (exact) mass is 373 g/mol. The molecule has 26 heavy (non-hydrogen) atoms. The van der Waals surface area contributed by atoms with Crippen molar-refractivity contribution in [2.75, 3.05) is 11.5 Å². The number of carbonyl (C=O) groups is 2. The van der Waals surface area contributed by atoms with Crippen molar-refractivity contribution in [3.8, 4) is 0 Å². The van der Waals surface area contributed by atoms with Crippen molar-refractivity contribution in [1.82, 2.24) is 0 Å². The molecule has 1 spiro atoms. The zero-order valence-corrected chi connectivity index (χ0v) is 15.2. The lowest BCUT2D eigenvalue weighted by Gasteiger charge is -2.32. The van der Waals surface area contributed by atoms with Crippen LogP contribution in [-0.2, 0) is 19.1 Å². The third-order valence-corrected chi connectivity index (χ3v) is 5.73. The molecular weight excluding hydrogens is 354 g/mol. The Bertz CT molecular complexity index is 790. The molecule has 4 rings (SSSR count). The average molecular weight is 374 g/mol. The molecule has 0 radical (unpaired) electrons. The smallest absolute Gasteiger partial charge is 0.312 e. The molecule has 3 aliphatic heterocycles. The third kappa shape index (κ3) is 2.27. The first-order valence-corrected chi connectivity index (χ1v) is 9.14. The van der Waals surface area contributed by atoms with Crippen molar-refractivity contribution in [1.29, 1.82) is 0 Å². The van der Waals surface area contributed by atoms with Gasteiger partial charge in [-0.3, -0.25) is 9.59 Å². The molecule has 0 unspecified atom stereocenters. The normalized spacial score (nSPS) is 34.2. The van der Waals surface area contributed by atoms with Crippen LogP contribution in [0.15, 0.2) is 49.1 Å².